The number of hydrogen-bond acceptors (Lipinski definition) is 3. The SMILES string of the molecule is O=S(=O)(O)c1ccc2c(c1)CNC2.[H-].[Na+]. The molecule has 1 aliphatic heterocycles. The Hall–Kier alpha value is 0.0900. The number of rotatable bonds is 1. The Morgan fingerprint density at radius 1 is 1.29 bits per heavy atom. The van der Waals surface area contributed by atoms with Gasteiger partial charge in [0.2, 0.25) is 0 Å². The van der Waals surface area contributed by atoms with Crippen LogP contribution in [0.1, 0.15) is 12.6 Å². The summed E-state index contributed by atoms with van der Waals surface area (Å²) in [6.45, 7) is 1.43. The van der Waals surface area contributed by atoms with Crippen molar-refractivity contribution in [2.24, 2.45) is 0 Å². The van der Waals surface area contributed by atoms with E-state index >= 15 is 0 Å². The van der Waals surface area contributed by atoms with Crippen LogP contribution in [0.5, 0.6) is 0 Å². The Kier molecular flexibility index (Phi) is 3.74. The Balaban J connectivity index is 0.000000980. The minimum absolute atomic E-state index is 0. The Morgan fingerprint density at radius 2 is 1.93 bits per heavy atom. The predicted octanol–water partition coefficient (Wildman–Crippen LogP) is -2.35. The van der Waals surface area contributed by atoms with Gasteiger partial charge in [0.15, 0.2) is 0 Å². The van der Waals surface area contributed by atoms with Gasteiger partial charge < -0.3 is 6.74 Å². The van der Waals surface area contributed by atoms with Gasteiger partial charge in [-0.15, -0.1) is 0 Å². The molecule has 14 heavy (non-hydrogen) atoms. The van der Waals surface area contributed by atoms with Crippen molar-refractivity contribution in [3.8, 4) is 0 Å². The van der Waals surface area contributed by atoms with Gasteiger partial charge in [0.1, 0.15) is 0 Å². The maximum Gasteiger partial charge on any atom is 1.00 e. The summed E-state index contributed by atoms with van der Waals surface area (Å²) >= 11 is 0. The summed E-state index contributed by atoms with van der Waals surface area (Å²) in [4.78, 5) is -0.0325. The first-order valence-electron chi connectivity index (χ1n) is 3.87. The Labute approximate surface area is 106 Å². The van der Waals surface area contributed by atoms with Crippen LogP contribution in [0.25, 0.3) is 0 Å². The van der Waals surface area contributed by atoms with Crippen molar-refractivity contribution in [1.29, 1.82) is 0 Å². The molecule has 1 aromatic rings. The van der Waals surface area contributed by atoms with E-state index in [-0.39, 0.29) is 35.9 Å². The largest absolute Gasteiger partial charge is 1.00 e. The van der Waals surface area contributed by atoms with E-state index in [9.17, 15) is 8.42 Å². The molecule has 1 aliphatic rings. The zero-order chi connectivity index (χ0) is 9.47. The van der Waals surface area contributed by atoms with Crippen molar-refractivity contribution in [2.45, 2.75) is 18.0 Å². The molecule has 6 heteroatoms. The topological polar surface area (TPSA) is 66.4 Å². The summed E-state index contributed by atoms with van der Waals surface area (Å²) < 4.78 is 30.3. The third-order valence-corrected chi connectivity index (χ3v) is 2.96. The second-order valence-electron chi connectivity index (χ2n) is 3.01. The molecule has 0 bridgehead atoms. The van der Waals surface area contributed by atoms with Gasteiger partial charge in [0.25, 0.3) is 10.1 Å². The average Bonchev–Trinajstić information content (AvgIpc) is 2.47. The molecule has 0 amide bonds. The second-order valence-corrected chi connectivity index (χ2v) is 4.43. The maximum absolute atomic E-state index is 10.8. The van der Waals surface area contributed by atoms with Gasteiger partial charge in [-0.05, 0) is 23.3 Å². The van der Waals surface area contributed by atoms with E-state index in [1.165, 1.54) is 12.1 Å². The van der Waals surface area contributed by atoms with Crippen molar-refractivity contribution in [1.82, 2.24) is 5.32 Å². The predicted molar refractivity (Wildman–Crippen MR) is 47.9 cm³/mol. The van der Waals surface area contributed by atoms with Gasteiger partial charge in [0, 0.05) is 13.1 Å². The molecule has 1 aromatic carbocycles. The van der Waals surface area contributed by atoms with Crippen LogP contribution < -0.4 is 34.9 Å². The molecule has 2 rings (SSSR count). The van der Waals surface area contributed by atoms with Gasteiger partial charge in [0.05, 0.1) is 4.90 Å². The van der Waals surface area contributed by atoms with Crippen LogP contribution in [-0.4, -0.2) is 13.0 Å². The normalized spacial score (nSPS) is 14.6. The Morgan fingerprint density at radius 3 is 2.57 bits per heavy atom. The zero-order valence-electron chi connectivity index (χ0n) is 8.82. The monoisotopic (exact) mass is 223 g/mol. The molecule has 0 unspecified atom stereocenters. The van der Waals surface area contributed by atoms with Crippen LogP contribution in [-0.2, 0) is 23.2 Å². The number of benzene rings is 1. The van der Waals surface area contributed by atoms with E-state index < -0.39 is 10.1 Å². The molecule has 0 aliphatic carbocycles. The summed E-state index contributed by atoms with van der Waals surface area (Å²) in [5.41, 5.74) is 2.03. The van der Waals surface area contributed by atoms with E-state index in [2.05, 4.69) is 5.32 Å². The Bertz CT molecular complexity index is 449. The smallest absolute Gasteiger partial charge is 1.00 e. The van der Waals surface area contributed by atoms with Gasteiger partial charge in [-0.3, -0.25) is 4.55 Å². The van der Waals surface area contributed by atoms with Gasteiger partial charge in [-0.25, -0.2) is 0 Å². The number of nitrogens with one attached hydrogen (secondary N) is 1. The fraction of sp³-hybridized carbons (Fsp3) is 0.250. The number of fused-ring (bicyclic) bond motifs is 1. The third-order valence-electron chi connectivity index (χ3n) is 2.11. The average molecular weight is 223 g/mol. The maximum atomic E-state index is 10.8. The molecule has 0 fully saturated rings. The van der Waals surface area contributed by atoms with Crippen LogP contribution in [0.15, 0.2) is 23.1 Å². The van der Waals surface area contributed by atoms with E-state index in [1.54, 1.807) is 6.07 Å². The number of hydrogen-bond donors (Lipinski definition) is 2. The summed E-state index contributed by atoms with van der Waals surface area (Å²) in [5.74, 6) is 0. The molecule has 0 saturated heterocycles. The van der Waals surface area contributed by atoms with Crippen molar-refractivity contribution in [3.05, 3.63) is 29.3 Å². The first-order valence-corrected chi connectivity index (χ1v) is 5.31. The van der Waals surface area contributed by atoms with E-state index in [0.717, 1.165) is 17.7 Å². The van der Waals surface area contributed by atoms with Crippen molar-refractivity contribution in [3.63, 3.8) is 0 Å². The van der Waals surface area contributed by atoms with E-state index in [4.69, 9.17) is 4.55 Å². The van der Waals surface area contributed by atoms with Crippen molar-refractivity contribution < 1.29 is 44.0 Å². The van der Waals surface area contributed by atoms with Crippen LogP contribution >= 0.6 is 0 Å². The molecule has 0 saturated carbocycles. The van der Waals surface area contributed by atoms with Crippen LogP contribution in [0.2, 0.25) is 0 Å². The van der Waals surface area contributed by atoms with Gasteiger partial charge >= 0.3 is 29.6 Å². The summed E-state index contributed by atoms with van der Waals surface area (Å²) in [5, 5.41) is 3.09. The molecule has 0 atom stereocenters. The zero-order valence-corrected chi connectivity index (χ0v) is 10.6. The second kappa shape index (κ2) is 4.30. The standard InChI is InChI=1S/C8H9NO3S.Na.H/c10-13(11,12)8-2-1-6-4-9-5-7(6)3-8;;/h1-3,9H,4-5H2,(H,10,11,12);;/q;+1;-1. The fourth-order valence-electron chi connectivity index (χ4n) is 1.43. The summed E-state index contributed by atoms with van der Waals surface area (Å²) in [7, 11) is -4.05. The molecule has 0 radical (unpaired) electrons. The summed E-state index contributed by atoms with van der Waals surface area (Å²) in [6, 6.07) is 4.64. The van der Waals surface area contributed by atoms with E-state index in [1.807, 2.05) is 0 Å². The molecule has 0 aromatic heterocycles. The molecule has 0 spiro atoms. The van der Waals surface area contributed by atoms with Crippen molar-refractivity contribution >= 4 is 10.1 Å². The minimum Gasteiger partial charge on any atom is -1.00 e. The summed E-state index contributed by atoms with van der Waals surface area (Å²) in [6.07, 6.45) is 0. The molecule has 2 N–H and O–H groups in total. The van der Waals surface area contributed by atoms with Gasteiger partial charge in [-0.1, -0.05) is 6.07 Å². The van der Waals surface area contributed by atoms with Crippen molar-refractivity contribution in [2.75, 3.05) is 0 Å². The molecular weight excluding hydrogens is 213 g/mol. The van der Waals surface area contributed by atoms with Crippen LogP contribution in [0, 0.1) is 0 Å². The first kappa shape index (κ1) is 12.2. The molecule has 1 heterocycles. The van der Waals surface area contributed by atoms with Crippen LogP contribution in [0.4, 0.5) is 0 Å². The fourth-order valence-corrected chi connectivity index (χ4v) is 1.96. The minimum atomic E-state index is -4.05. The quantitative estimate of drug-likeness (QED) is 0.413. The molecule has 72 valence electrons. The molecule has 4 nitrogen and oxygen atoms in total. The van der Waals surface area contributed by atoms with Gasteiger partial charge in [-0.2, -0.15) is 8.42 Å². The van der Waals surface area contributed by atoms with E-state index in [0.29, 0.717) is 6.54 Å². The third kappa shape index (κ3) is 2.36. The van der Waals surface area contributed by atoms with Crippen LogP contribution in [0.3, 0.4) is 0 Å². The first-order chi connectivity index (χ1) is 6.07. The molecular formula is C8H10NNaO3S.